The fourth-order valence-corrected chi connectivity index (χ4v) is 3.98. The highest BCUT2D eigenvalue weighted by molar-refractivity contribution is 6.04. The third-order valence-corrected chi connectivity index (χ3v) is 5.76. The second-order valence-electron chi connectivity index (χ2n) is 8.14. The molecule has 1 aromatic heterocycles. The Morgan fingerprint density at radius 2 is 1.97 bits per heavy atom. The normalized spacial score (nSPS) is 16.3. The van der Waals surface area contributed by atoms with Crippen molar-refractivity contribution in [2.45, 2.75) is 46.1 Å². The molecule has 2 aliphatic heterocycles. The molecule has 0 bridgehead atoms. The van der Waals surface area contributed by atoms with Crippen LogP contribution in [0.2, 0.25) is 0 Å². The van der Waals surface area contributed by atoms with Gasteiger partial charge in [0.25, 0.3) is 0 Å². The highest BCUT2D eigenvalue weighted by atomic mass is 16.3. The number of aromatic hydroxyl groups is 1. The van der Waals surface area contributed by atoms with Crippen molar-refractivity contribution < 1.29 is 5.11 Å². The molecule has 3 heterocycles. The molecular formula is C24H30N6O. The maximum atomic E-state index is 9.50. The van der Waals surface area contributed by atoms with Gasteiger partial charge < -0.3 is 20.6 Å². The molecule has 7 heteroatoms. The number of hydrogen-bond donors (Lipinski definition) is 3. The third kappa shape index (κ3) is 4.55. The number of nitrogens with zero attached hydrogens (tertiary/aromatic N) is 4. The van der Waals surface area contributed by atoms with E-state index in [1.54, 1.807) is 24.5 Å². The Kier molecular flexibility index (Phi) is 6.21. The van der Waals surface area contributed by atoms with Crippen LogP contribution < -0.4 is 10.6 Å². The maximum absolute atomic E-state index is 9.50. The minimum atomic E-state index is 0.297. The SMILES string of the molecule is CCC1=C(c2ccnnc2)N=C2C(=C(NCCc3ccc(O)cc3)C1)NCN2C(C)C. The molecule has 0 spiro atoms. The number of phenolic OH excluding ortho intramolecular Hbond substituents is 1. The summed E-state index contributed by atoms with van der Waals surface area (Å²) >= 11 is 0. The second kappa shape index (κ2) is 9.20. The highest BCUT2D eigenvalue weighted by Gasteiger charge is 2.31. The fraction of sp³-hybridized carbons (Fsp3) is 0.375. The van der Waals surface area contributed by atoms with Crippen molar-refractivity contribution in [2.24, 2.45) is 4.99 Å². The predicted molar refractivity (Wildman–Crippen MR) is 123 cm³/mol. The van der Waals surface area contributed by atoms with E-state index in [-0.39, 0.29) is 0 Å². The fourth-order valence-electron chi connectivity index (χ4n) is 3.98. The van der Waals surface area contributed by atoms with Gasteiger partial charge in [0, 0.05) is 30.3 Å². The summed E-state index contributed by atoms with van der Waals surface area (Å²) in [6.45, 7) is 8.11. The monoisotopic (exact) mass is 418 g/mol. The summed E-state index contributed by atoms with van der Waals surface area (Å²) < 4.78 is 0. The maximum Gasteiger partial charge on any atom is 0.156 e. The minimum absolute atomic E-state index is 0.297. The van der Waals surface area contributed by atoms with Crippen molar-refractivity contribution in [3.8, 4) is 5.75 Å². The van der Waals surface area contributed by atoms with Crippen molar-refractivity contribution >= 4 is 11.5 Å². The summed E-state index contributed by atoms with van der Waals surface area (Å²) in [6, 6.07) is 9.72. The van der Waals surface area contributed by atoms with Crippen LogP contribution in [0.4, 0.5) is 0 Å². The minimum Gasteiger partial charge on any atom is -0.508 e. The Balaban J connectivity index is 1.65. The number of aromatic nitrogens is 2. The van der Waals surface area contributed by atoms with E-state index in [0.717, 1.165) is 55.3 Å². The lowest BCUT2D eigenvalue weighted by Crippen LogP contribution is -2.33. The summed E-state index contributed by atoms with van der Waals surface area (Å²) in [5.41, 5.74) is 6.72. The van der Waals surface area contributed by atoms with Gasteiger partial charge in [0.2, 0.25) is 0 Å². The van der Waals surface area contributed by atoms with Gasteiger partial charge in [0.05, 0.1) is 30.5 Å². The van der Waals surface area contributed by atoms with Crippen LogP contribution in [0.15, 0.2) is 64.7 Å². The molecule has 1 fully saturated rings. The lowest BCUT2D eigenvalue weighted by Gasteiger charge is -2.22. The average Bonchev–Trinajstić information content (AvgIpc) is 3.14. The van der Waals surface area contributed by atoms with Gasteiger partial charge in [0.15, 0.2) is 5.84 Å². The standard InChI is InChI=1S/C24H30N6O/c1-4-18-13-21(25-11-9-17-5-7-20(31)8-6-17)23-24(30(15-26-23)16(2)3)29-22(18)19-10-12-27-28-14-19/h5-8,10,12,14,16,25-26,31H,4,9,11,13,15H2,1-3H3. The molecule has 0 unspecified atom stereocenters. The smallest absolute Gasteiger partial charge is 0.156 e. The van der Waals surface area contributed by atoms with Crippen molar-refractivity contribution in [1.29, 1.82) is 0 Å². The largest absolute Gasteiger partial charge is 0.508 e. The molecule has 7 nitrogen and oxygen atoms in total. The van der Waals surface area contributed by atoms with Crippen LogP contribution in [0, 0.1) is 0 Å². The van der Waals surface area contributed by atoms with E-state index in [4.69, 9.17) is 4.99 Å². The lowest BCUT2D eigenvalue weighted by molar-refractivity contribution is 0.365. The zero-order valence-electron chi connectivity index (χ0n) is 18.4. The quantitative estimate of drug-likeness (QED) is 0.639. The van der Waals surface area contributed by atoms with Gasteiger partial charge in [-0.25, -0.2) is 4.99 Å². The molecular weight excluding hydrogens is 388 g/mol. The van der Waals surface area contributed by atoms with Crippen LogP contribution in [0.25, 0.3) is 5.70 Å². The first kappa shape index (κ1) is 20.9. The van der Waals surface area contributed by atoms with E-state index in [9.17, 15) is 5.11 Å². The van der Waals surface area contributed by atoms with Gasteiger partial charge in [-0.1, -0.05) is 19.1 Å². The van der Waals surface area contributed by atoms with Crippen molar-refractivity contribution in [1.82, 2.24) is 25.7 Å². The number of benzene rings is 1. The Bertz CT molecular complexity index is 1010. The van der Waals surface area contributed by atoms with Gasteiger partial charge in [-0.2, -0.15) is 10.2 Å². The summed E-state index contributed by atoms with van der Waals surface area (Å²) in [7, 11) is 0. The molecule has 0 amide bonds. The molecule has 3 N–H and O–H groups in total. The highest BCUT2D eigenvalue weighted by Crippen LogP contribution is 2.32. The average molecular weight is 419 g/mol. The lowest BCUT2D eigenvalue weighted by atomic mass is 10.0. The summed E-state index contributed by atoms with van der Waals surface area (Å²) in [6.07, 6.45) is 6.11. The van der Waals surface area contributed by atoms with E-state index in [1.165, 1.54) is 16.8 Å². The summed E-state index contributed by atoms with van der Waals surface area (Å²) in [5.74, 6) is 1.28. The topological polar surface area (TPSA) is 85.7 Å². The van der Waals surface area contributed by atoms with Gasteiger partial charge in [-0.15, -0.1) is 0 Å². The summed E-state index contributed by atoms with van der Waals surface area (Å²) in [5, 5.41) is 24.8. The van der Waals surface area contributed by atoms with Gasteiger partial charge in [0.1, 0.15) is 5.75 Å². The molecule has 0 atom stereocenters. The second-order valence-corrected chi connectivity index (χ2v) is 8.14. The predicted octanol–water partition coefficient (Wildman–Crippen LogP) is 3.42. The van der Waals surface area contributed by atoms with Gasteiger partial charge in [-0.05, 0) is 56.0 Å². The zero-order chi connectivity index (χ0) is 21.8. The van der Waals surface area contributed by atoms with Crippen LogP contribution in [-0.4, -0.2) is 45.3 Å². The molecule has 1 aromatic carbocycles. The van der Waals surface area contributed by atoms with Crippen molar-refractivity contribution in [3.05, 3.63) is 70.8 Å². The van der Waals surface area contributed by atoms with Crippen LogP contribution in [0.1, 0.15) is 44.7 Å². The van der Waals surface area contributed by atoms with E-state index < -0.39 is 0 Å². The Morgan fingerprint density at radius 1 is 1.16 bits per heavy atom. The first-order valence-corrected chi connectivity index (χ1v) is 10.9. The molecule has 0 aliphatic carbocycles. The number of aliphatic imine (C=N–C) groups is 1. The Labute approximate surface area is 183 Å². The van der Waals surface area contributed by atoms with Crippen molar-refractivity contribution in [3.63, 3.8) is 0 Å². The van der Waals surface area contributed by atoms with Gasteiger partial charge in [-0.3, -0.25) is 0 Å². The van der Waals surface area contributed by atoms with E-state index >= 15 is 0 Å². The van der Waals surface area contributed by atoms with E-state index in [2.05, 4.69) is 46.5 Å². The zero-order valence-corrected chi connectivity index (χ0v) is 18.4. The first-order chi connectivity index (χ1) is 15.1. The molecule has 0 radical (unpaired) electrons. The molecule has 162 valence electrons. The Morgan fingerprint density at radius 3 is 2.65 bits per heavy atom. The number of hydrogen-bond acceptors (Lipinski definition) is 7. The number of nitrogens with one attached hydrogen (secondary N) is 2. The van der Waals surface area contributed by atoms with Crippen LogP contribution >= 0.6 is 0 Å². The van der Waals surface area contributed by atoms with E-state index in [0.29, 0.717) is 11.8 Å². The molecule has 4 rings (SSSR count). The van der Waals surface area contributed by atoms with E-state index in [1.807, 2.05) is 18.2 Å². The van der Waals surface area contributed by atoms with Crippen LogP contribution in [0.3, 0.4) is 0 Å². The molecule has 0 saturated carbocycles. The molecule has 31 heavy (non-hydrogen) atoms. The first-order valence-electron chi connectivity index (χ1n) is 10.9. The van der Waals surface area contributed by atoms with Gasteiger partial charge >= 0.3 is 0 Å². The number of rotatable bonds is 7. The number of phenols is 1. The number of fused-ring (bicyclic) bond motifs is 1. The van der Waals surface area contributed by atoms with Crippen LogP contribution in [-0.2, 0) is 6.42 Å². The van der Waals surface area contributed by atoms with Crippen LogP contribution in [0.5, 0.6) is 5.75 Å². The molecule has 2 aromatic rings. The molecule has 1 saturated heterocycles. The van der Waals surface area contributed by atoms with Crippen molar-refractivity contribution in [2.75, 3.05) is 13.2 Å². The molecule has 2 aliphatic rings. The summed E-state index contributed by atoms with van der Waals surface area (Å²) in [4.78, 5) is 7.45. The Hall–Kier alpha value is -3.35. The number of amidine groups is 1. The number of allylic oxidation sites excluding steroid dienone is 1. The third-order valence-electron chi connectivity index (χ3n) is 5.76.